The lowest BCUT2D eigenvalue weighted by Gasteiger charge is -2.09. The first-order chi connectivity index (χ1) is 7.65. The Balaban J connectivity index is 2.83. The summed E-state index contributed by atoms with van der Waals surface area (Å²) >= 11 is 0. The molecule has 0 amide bonds. The van der Waals surface area contributed by atoms with E-state index in [0.29, 0.717) is 24.0 Å². The number of para-hydroxylation sites is 1. The first-order valence-electron chi connectivity index (χ1n) is 5.16. The van der Waals surface area contributed by atoms with Crippen LogP contribution in [0, 0.1) is 0 Å². The standard InChI is InChI=1S/C12H14N2O2/c1-14-11-8(3-2-4-10(11)15)7-9(5-6-13)12(14)16/h2-4,7,15H,5-6,13H2,1H3. The average Bonchev–Trinajstić information content (AvgIpc) is 2.25. The third-order valence-electron chi connectivity index (χ3n) is 2.70. The number of aromatic hydroxyl groups is 1. The van der Waals surface area contributed by atoms with Crippen molar-refractivity contribution in [2.75, 3.05) is 6.54 Å². The monoisotopic (exact) mass is 218 g/mol. The summed E-state index contributed by atoms with van der Waals surface area (Å²) in [5.74, 6) is 0.122. The van der Waals surface area contributed by atoms with Gasteiger partial charge in [0.15, 0.2) is 0 Å². The smallest absolute Gasteiger partial charge is 0.254 e. The second-order valence-electron chi connectivity index (χ2n) is 3.79. The molecule has 4 heteroatoms. The SMILES string of the molecule is Cn1c(=O)c(CCN)cc2cccc(O)c21. The normalized spacial score (nSPS) is 10.9. The summed E-state index contributed by atoms with van der Waals surface area (Å²) in [5, 5.41) is 10.6. The van der Waals surface area contributed by atoms with Crippen LogP contribution in [0.5, 0.6) is 5.75 Å². The van der Waals surface area contributed by atoms with Gasteiger partial charge >= 0.3 is 0 Å². The van der Waals surface area contributed by atoms with Crippen molar-refractivity contribution in [2.45, 2.75) is 6.42 Å². The van der Waals surface area contributed by atoms with Crippen molar-refractivity contribution >= 4 is 10.9 Å². The van der Waals surface area contributed by atoms with E-state index < -0.39 is 0 Å². The molecule has 0 radical (unpaired) electrons. The van der Waals surface area contributed by atoms with Gasteiger partial charge in [0, 0.05) is 18.0 Å². The topological polar surface area (TPSA) is 68.2 Å². The van der Waals surface area contributed by atoms with E-state index in [1.165, 1.54) is 4.57 Å². The van der Waals surface area contributed by atoms with Crippen molar-refractivity contribution in [3.05, 3.63) is 40.2 Å². The van der Waals surface area contributed by atoms with Crippen LogP contribution >= 0.6 is 0 Å². The van der Waals surface area contributed by atoms with Crippen LogP contribution < -0.4 is 11.3 Å². The van der Waals surface area contributed by atoms with E-state index in [1.807, 2.05) is 6.07 Å². The lowest BCUT2D eigenvalue weighted by molar-refractivity contribution is 0.478. The largest absolute Gasteiger partial charge is 0.506 e. The number of aryl methyl sites for hydroxylation is 1. The van der Waals surface area contributed by atoms with E-state index in [1.54, 1.807) is 25.2 Å². The Morgan fingerprint density at radius 2 is 2.19 bits per heavy atom. The van der Waals surface area contributed by atoms with Crippen LogP contribution in [0.3, 0.4) is 0 Å². The van der Waals surface area contributed by atoms with Gasteiger partial charge in [-0.1, -0.05) is 12.1 Å². The molecule has 0 aliphatic heterocycles. The van der Waals surface area contributed by atoms with Gasteiger partial charge < -0.3 is 15.4 Å². The predicted octanol–water partition coefficient (Wildman–Crippen LogP) is 0.745. The second-order valence-corrected chi connectivity index (χ2v) is 3.79. The molecule has 84 valence electrons. The van der Waals surface area contributed by atoms with Crippen LogP contribution in [-0.2, 0) is 13.5 Å². The molecule has 0 aliphatic rings. The molecule has 0 spiro atoms. The molecule has 3 N–H and O–H groups in total. The number of phenols is 1. The van der Waals surface area contributed by atoms with Gasteiger partial charge in [0.25, 0.3) is 5.56 Å². The molecule has 0 fully saturated rings. The maximum absolute atomic E-state index is 11.9. The Morgan fingerprint density at radius 3 is 2.88 bits per heavy atom. The highest BCUT2D eigenvalue weighted by molar-refractivity contribution is 5.85. The molecule has 0 saturated heterocycles. The summed E-state index contributed by atoms with van der Waals surface area (Å²) in [7, 11) is 1.66. The van der Waals surface area contributed by atoms with Crippen LogP contribution in [0.25, 0.3) is 10.9 Å². The summed E-state index contributed by atoms with van der Waals surface area (Å²) < 4.78 is 1.47. The fourth-order valence-electron chi connectivity index (χ4n) is 1.93. The number of nitrogens with two attached hydrogens (primary N) is 1. The van der Waals surface area contributed by atoms with Gasteiger partial charge in [-0.25, -0.2) is 0 Å². The zero-order valence-corrected chi connectivity index (χ0v) is 9.10. The van der Waals surface area contributed by atoms with Crippen molar-refractivity contribution in [3.63, 3.8) is 0 Å². The lowest BCUT2D eigenvalue weighted by Crippen LogP contribution is -2.23. The van der Waals surface area contributed by atoms with Crippen LogP contribution in [0.4, 0.5) is 0 Å². The number of hydrogen-bond acceptors (Lipinski definition) is 3. The fourth-order valence-corrected chi connectivity index (χ4v) is 1.93. The van der Waals surface area contributed by atoms with E-state index in [4.69, 9.17) is 5.73 Å². The van der Waals surface area contributed by atoms with Gasteiger partial charge in [0.1, 0.15) is 5.75 Å². The molecule has 0 aliphatic carbocycles. The highest BCUT2D eigenvalue weighted by Crippen LogP contribution is 2.22. The molecule has 0 saturated carbocycles. The molecular formula is C12H14N2O2. The number of hydrogen-bond donors (Lipinski definition) is 2. The van der Waals surface area contributed by atoms with Gasteiger partial charge in [0.2, 0.25) is 0 Å². The molecule has 4 nitrogen and oxygen atoms in total. The molecule has 0 bridgehead atoms. The number of fused-ring (bicyclic) bond motifs is 1. The van der Waals surface area contributed by atoms with E-state index in [0.717, 1.165) is 5.39 Å². The highest BCUT2D eigenvalue weighted by Gasteiger charge is 2.08. The maximum atomic E-state index is 11.9. The van der Waals surface area contributed by atoms with Gasteiger partial charge in [-0.05, 0) is 25.1 Å². The quantitative estimate of drug-likeness (QED) is 0.781. The van der Waals surface area contributed by atoms with Gasteiger partial charge in [-0.15, -0.1) is 0 Å². The molecule has 2 aromatic rings. The Bertz CT molecular complexity index is 587. The van der Waals surface area contributed by atoms with E-state index in [9.17, 15) is 9.90 Å². The minimum atomic E-state index is -0.0977. The van der Waals surface area contributed by atoms with E-state index in [-0.39, 0.29) is 11.3 Å². The molecule has 0 unspecified atom stereocenters. The molecule has 2 rings (SSSR count). The molecule has 16 heavy (non-hydrogen) atoms. The zero-order valence-electron chi connectivity index (χ0n) is 9.10. The lowest BCUT2D eigenvalue weighted by atomic mass is 10.1. The minimum absolute atomic E-state index is 0.0977. The van der Waals surface area contributed by atoms with Crippen LogP contribution in [0.15, 0.2) is 29.1 Å². The predicted molar refractivity (Wildman–Crippen MR) is 63.6 cm³/mol. The Labute approximate surface area is 92.9 Å². The van der Waals surface area contributed by atoms with Crippen molar-refractivity contribution in [2.24, 2.45) is 12.8 Å². The van der Waals surface area contributed by atoms with Crippen molar-refractivity contribution < 1.29 is 5.11 Å². The first kappa shape index (κ1) is 10.7. The first-order valence-corrected chi connectivity index (χ1v) is 5.16. The number of aromatic nitrogens is 1. The summed E-state index contributed by atoms with van der Waals surface area (Å²) in [5.41, 5.74) is 6.60. The van der Waals surface area contributed by atoms with Crippen molar-refractivity contribution in [1.29, 1.82) is 0 Å². The van der Waals surface area contributed by atoms with Crippen LogP contribution in [0.1, 0.15) is 5.56 Å². The van der Waals surface area contributed by atoms with Crippen molar-refractivity contribution in [3.8, 4) is 5.75 Å². The van der Waals surface area contributed by atoms with Gasteiger partial charge in [-0.3, -0.25) is 4.79 Å². The Morgan fingerprint density at radius 1 is 1.44 bits per heavy atom. The molecule has 1 heterocycles. The average molecular weight is 218 g/mol. The minimum Gasteiger partial charge on any atom is -0.506 e. The number of nitrogens with zero attached hydrogens (tertiary/aromatic N) is 1. The molecule has 0 atom stereocenters. The summed E-state index contributed by atoms with van der Waals surface area (Å²) in [6, 6.07) is 7.00. The Kier molecular flexibility index (Phi) is 2.66. The fraction of sp³-hybridized carbons (Fsp3) is 0.250. The third-order valence-corrected chi connectivity index (χ3v) is 2.70. The van der Waals surface area contributed by atoms with E-state index in [2.05, 4.69) is 0 Å². The molecular weight excluding hydrogens is 204 g/mol. The van der Waals surface area contributed by atoms with E-state index >= 15 is 0 Å². The van der Waals surface area contributed by atoms with Gasteiger partial charge in [-0.2, -0.15) is 0 Å². The summed E-state index contributed by atoms with van der Waals surface area (Å²) in [4.78, 5) is 11.9. The summed E-state index contributed by atoms with van der Waals surface area (Å²) in [6.45, 7) is 0.444. The summed E-state index contributed by atoms with van der Waals surface area (Å²) in [6.07, 6.45) is 0.554. The Hall–Kier alpha value is -1.81. The second kappa shape index (κ2) is 3.98. The number of rotatable bonds is 2. The number of pyridine rings is 1. The number of phenolic OH excluding ortho intramolecular Hbond substituents is 1. The maximum Gasteiger partial charge on any atom is 0.254 e. The zero-order chi connectivity index (χ0) is 11.7. The number of benzene rings is 1. The van der Waals surface area contributed by atoms with Gasteiger partial charge in [0.05, 0.1) is 5.52 Å². The molecule has 1 aromatic carbocycles. The highest BCUT2D eigenvalue weighted by atomic mass is 16.3. The van der Waals surface area contributed by atoms with Crippen molar-refractivity contribution in [1.82, 2.24) is 4.57 Å². The van der Waals surface area contributed by atoms with Crippen LogP contribution in [-0.4, -0.2) is 16.2 Å². The third kappa shape index (κ3) is 1.57. The van der Waals surface area contributed by atoms with Crippen LogP contribution in [0.2, 0.25) is 0 Å². The molecule has 1 aromatic heterocycles.